The number of nitrogens with one attached hydrogen (secondary N) is 1. The molecule has 0 bridgehead atoms. The zero-order chi connectivity index (χ0) is 27.8. The summed E-state index contributed by atoms with van der Waals surface area (Å²) in [4.78, 5) is 59.8. The van der Waals surface area contributed by atoms with Crippen LogP contribution in [0.15, 0.2) is 11.3 Å². The van der Waals surface area contributed by atoms with E-state index in [4.69, 9.17) is 4.74 Å². The minimum Gasteiger partial charge on any atom is -0.379 e. The monoisotopic (exact) mass is 533 g/mol. The highest BCUT2D eigenvalue weighted by molar-refractivity contribution is 5.99. The quantitative estimate of drug-likeness (QED) is 0.409. The normalized spacial score (nSPS) is 21.2. The molecule has 1 atom stereocenters. The molecule has 3 rings (SSSR count). The van der Waals surface area contributed by atoms with Gasteiger partial charge in [0.25, 0.3) is 5.91 Å². The Morgan fingerprint density at radius 2 is 1.71 bits per heavy atom. The SMILES string of the molecule is CC1=C(C(=O)N(C(C)C)C(C)C)CC(CC(=O)NCCN2CCOCC2)C(=O)N1CCCN1CCCC1=O. The molecule has 0 aliphatic carbocycles. The summed E-state index contributed by atoms with van der Waals surface area (Å²) in [7, 11) is 0. The van der Waals surface area contributed by atoms with Crippen molar-refractivity contribution in [1.29, 1.82) is 0 Å². The van der Waals surface area contributed by atoms with Crippen LogP contribution in [0.5, 0.6) is 0 Å². The second-order valence-electron chi connectivity index (χ2n) is 11.2. The number of amides is 4. The molecule has 0 aromatic heterocycles. The molecule has 214 valence electrons. The topological polar surface area (TPSA) is 102 Å². The Hall–Kier alpha value is -2.46. The molecule has 0 saturated carbocycles. The number of hydrogen-bond donors (Lipinski definition) is 1. The van der Waals surface area contributed by atoms with Crippen molar-refractivity contribution in [3.05, 3.63) is 11.3 Å². The molecule has 3 aliphatic rings. The summed E-state index contributed by atoms with van der Waals surface area (Å²) in [5.41, 5.74) is 1.28. The fourth-order valence-corrected chi connectivity index (χ4v) is 5.76. The highest BCUT2D eigenvalue weighted by Gasteiger charge is 2.38. The third-order valence-electron chi connectivity index (χ3n) is 7.78. The average molecular weight is 534 g/mol. The van der Waals surface area contributed by atoms with Gasteiger partial charge in [-0.3, -0.25) is 24.1 Å². The van der Waals surface area contributed by atoms with Gasteiger partial charge in [0, 0.05) is 82.0 Å². The van der Waals surface area contributed by atoms with Gasteiger partial charge >= 0.3 is 0 Å². The molecule has 1 N–H and O–H groups in total. The molecule has 38 heavy (non-hydrogen) atoms. The lowest BCUT2D eigenvalue weighted by Crippen LogP contribution is -2.48. The Kier molecular flexibility index (Phi) is 11.1. The van der Waals surface area contributed by atoms with Crippen LogP contribution in [0.1, 0.15) is 66.7 Å². The largest absolute Gasteiger partial charge is 0.379 e. The van der Waals surface area contributed by atoms with Gasteiger partial charge in [0.15, 0.2) is 0 Å². The zero-order valence-electron chi connectivity index (χ0n) is 24.0. The predicted molar refractivity (Wildman–Crippen MR) is 145 cm³/mol. The molecule has 0 radical (unpaired) electrons. The van der Waals surface area contributed by atoms with E-state index in [9.17, 15) is 19.2 Å². The van der Waals surface area contributed by atoms with Crippen LogP contribution in [-0.4, -0.2) is 114 Å². The molecule has 10 heteroatoms. The van der Waals surface area contributed by atoms with E-state index in [2.05, 4.69) is 10.2 Å². The van der Waals surface area contributed by atoms with E-state index in [0.29, 0.717) is 57.0 Å². The number of carbonyl (C=O) groups excluding carboxylic acids is 4. The fourth-order valence-electron chi connectivity index (χ4n) is 5.76. The Morgan fingerprint density at radius 3 is 2.32 bits per heavy atom. The van der Waals surface area contributed by atoms with E-state index in [1.807, 2.05) is 44.4 Å². The molecule has 2 saturated heterocycles. The lowest BCUT2D eigenvalue weighted by Gasteiger charge is -2.38. The summed E-state index contributed by atoms with van der Waals surface area (Å²) < 4.78 is 5.37. The van der Waals surface area contributed by atoms with Crippen LogP contribution in [0.3, 0.4) is 0 Å². The first-order chi connectivity index (χ1) is 18.1. The highest BCUT2D eigenvalue weighted by atomic mass is 16.5. The summed E-state index contributed by atoms with van der Waals surface area (Å²) >= 11 is 0. The maximum atomic E-state index is 13.7. The van der Waals surface area contributed by atoms with Gasteiger partial charge in [-0.15, -0.1) is 0 Å². The Morgan fingerprint density at radius 1 is 1.03 bits per heavy atom. The van der Waals surface area contributed by atoms with Gasteiger partial charge in [-0.25, -0.2) is 0 Å². The fraction of sp³-hybridized carbons (Fsp3) is 0.786. The molecule has 3 aliphatic heterocycles. The molecule has 2 fully saturated rings. The molecule has 0 spiro atoms. The van der Waals surface area contributed by atoms with Crippen LogP contribution >= 0.6 is 0 Å². The minimum absolute atomic E-state index is 0.0111. The Balaban J connectivity index is 1.69. The van der Waals surface area contributed by atoms with Crippen LogP contribution < -0.4 is 5.32 Å². The number of nitrogens with zero attached hydrogens (tertiary/aromatic N) is 4. The van der Waals surface area contributed by atoms with Gasteiger partial charge in [-0.1, -0.05) is 0 Å². The first kappa shape index (κ1) is 30.1. The standard InChI is InChI=1S/C28H47N5O5/c1-20(2)33(21(3)4)28(37)24-18-23(19-25(34)29-9-13-30-14-16-38-17-15-30)27(36)32(22(24)5)12-7-11-31-10-6-8-26(31)35/h20-21,23H,6-19H2,1-5H3,(H,29,34). The van der Waals surface area contributed by atoms with Gasteiger partial charge < -0.3 is 24.8 Å². The number of morpholine rings is 1. The molecule has 3 heterocycles. The number of hydrogen-bond acceptors (Lipinski definition) is 6. The van der Waals surface area contributed by atoms with Gasteiger partial charge in [0.05, 0.1) is 19.1 Å². The second kappa shape index (κ2) is 14.1. The average Bonchev–Trinajstić information content (AvgIpc) is 3.27. The summed E-state index contributed by atoms with van der Waals surface area (Å²) in [6, 6.07) is 0.0222. The highest BCUT2D eigenvalue weighted by Crippen LogP contribution is 2.32. The van der Waals surface area contributed by atoms with Gasteiger partial charge in [-0.05, 0) is 53.9 Å². The van der Waals surface area contributed by atoms with Crippen molar-refractivity contribution in [3.63, 3.8) is 0 Å². The predicted octanol–water partition coefficient (Wildman–Crippen LogP) is 1.61. The summed E-state index contributed by atoms with van der Waals surface area (Å²) in [6.07, 6.45) is 2.41. The van der Waals surface area contributed by atoms with E-state index in [0.717, 1.165) is 32.6 Å². The maximum absolute atomic E-state index is 13.7. The van der Waals surface area contributed by atoms with Crippen LogP contribution in [-0.2, 0) is 23.9 Å². The third kappa shape index (κ3) is 7.79. The smallest absolute Gasteiger partial charge is 0.252 e. The van der Waals surface area contributed by atoms with E-state index >= 15 is 0 Å². The lowest BCUT2D eigenvalue weighted by molar-refractivity contribution is -0.139. The van der Waals surface area contributed by atoms with E-state index in [-0.39, 0.29) is 48.6 Å². The number of ether oxygens (including phenoxy) is 1. The number of likely N-dealkylation sites (tertiary alicyclic amines) is 1. The summed E-state index contributed by atoms with van der Waals surface area (Å²) in [5.74, 6) is -0.784. The van der Waals surface area contributed by atoms with Gasteiger partial charge in [0.2, 0.25) is 17.7 Å². The van der Waals surface area contributed by atoms with Crippen LogP contribution in [0.25, 0.3) is 0 Å². The minimum atomic E-state index is -0.587. The number of rotatable bonds is 12. The summed E-state index contributed by atoms with van der Waals surface area (Å²) in [5, 5.41) is 2.96. The van der Waals surface area contributed by atoms with Crippen molar-refractivity contribution in [1.82, 2.24) is 24.9 Å². The second-order valence-corrected chi connectivity index (χ2v) is 11.2. The molecule has 4 amide bonds. The molecule has 1 unspecified atom stereocenters. The zero-order valence-corrected chi connectivity index (χ0v) is 24.0. The molecule has 0 aromatic rings. The van der Waals surface area contributed by atoms with Crippen molar-refractivity contribution >= 4 is 23.6 Å². The molecule has 0 aromatic carbocycles. The molecule has 10 nitrogen and oxygen atoms in total. The Labute approximate surface area is 227 Å². The van der Waals surface area contributed by atoms with E-state index in [1.165, 1.54) is 0 Å². The van der Waals surface area contributed by atoms with Gasteiger partial charge in [0.1, 0.15) is 0 Å². The van der Waals surface area contributed by atoms with E-state index < -0.39 is 5.92 Å². The molecular weight excluding hydrogens is 486 g/mol. The number of carbonyl (C=O) groups is 4. The van der Waals surface area contributed by atoms with Crippen molar-refractivity contribution in [2.75, 3.05) is 59.0 Å². The summed E-state index contributed by atoms with van der Waals surface area (Å²) in [6.45, 7) is 16.0. The third-order valence-corrected chi connectivity index (χ3v) is 7.78. The first-order valence-corrected chi connectivity index (χ1v) is 14.3. The van der Waals surface area contributed by atoms with Crippen molar-refractivity contribution < 1.29 is 23.9 Å². The first-order valence-electron chi connectivity index (χ1n) is 14.3. The number of allylic oxidation sites excluding steroid dienone is 1. The van der Waals surface area contributed by atoms with Crippen molar-refractivity contribution in [2.24, 2.45) is 5.92 Å². The van der Waals surface area contributed by atoms with Gasteiger partial charge in [-0.2, -0.15) is 0 Å². The van der Waals surface area contributed by atoms with Crippen molar-refractivity contribution in [2.45, 2.75) is 78.8 Å². The Bertz CT molecular complexity index is 888. The van der Waals surface area contributed by atoms with E-state index in [1.54, 1.807) is 4.90 Å². The van der Waals surface area contributed by atoms with Crippen LogP contribution in [0.4, 0.5) is 0 Å². The molecular formula is C28H47N5O5. The maximum Gasteiger partial charge on any atom is 0.252 e. The lowest BCUT2D eigenvalue weighted by atomic mass is 9.88. The van der Waals surface area contributed by atoms with Crippen LogP contribution in [0, 0.1) is 5.92 Å². The van der Waals surface area contributed by atoms with Crippen LogP contribution in [0.2, 0.25) is 0 Å². The van der Waals surface area contributed by atoms with Crippen molar-refractivity contribution in [3.8, 4) is 0 Å².